The van der Waals surface area contributed by atoms with Gasteiger partial charge in [-0.1, -0.05) is 12.1 Å². The average molecular weight is 482 g/mol. The van der Waals surface area contributed by atoms with Gasteiger partial charge in [-0.15, -0.1) is 0 Å². The first kappa shape index (κ1) is 23.3. The van der Waals surface area contributed by atoms with Crippen LogP contribution in [0.15, 0.2) is 79.1 Å². The van der Waals surface area contributed by atoms with Gasteiger partial charge in [-0.25, -0.2) is 0 Å². The number of rotatable bonds is 6. The third kappa shape index (κ3) is 5.42. The van der Waals surface area contributed by atoms with Crippen molar-refractivity contribution < 1.29 is 9.59 Å². The fourth-order valence-corrected chi connectivity index (χ4v) is 4.04. The largest absolute Gasteiger partial charge is 0.369 e. The van der Waals surface area contributed by atoms with Crippen LogP contribution >= 0.6 is 0 Å². The molecule has 9 nitrogen and oxygen atoms in total. The highest BCUT2D eigenvalue weighted by atomic mass is 16.2. The number of piperazine rings is 1. The number of hydrogen-bond acceptors (Lipinski definition) is 6. The summed E-state index contributed by atoms with van der Waals surface area (Å²) in [6, 6.07) is 20.2. The Morgan fingerprint density at radius 1 is 0.861 bits per heavy atom. The zero-order valence-corrected chi connectivity index (χ0v) is 19.9. The molecular weight excluding hydrogens is 454 g/mol. The number of benzene rings is 2. The molecule has 182 valence electrons. The number of carbonyl (C=O) groups is 2. The van der Waals surface area contributed by atoms with E-state index in [4.69, 9.17) is 0 Å². The molecule has 2 aromatic carbocycles. The van der Waals surface area contributed by atoms with Crippen LogP contribution in [0.3, 0.4) is 0 Å². The van der Waals surface area contributed by atoms with E-state index in [1.807, 2.05) is 48.5 Å². The second-order valence-corrected chi connectivity index (χ2v) is 8.73. The van der Waals surface area contributed by atoms with E-state index < -0.39 is 0 Å². The lowest BCUT2D eigenvalue weighted by atomic mass is 10.1. The van der Waals surface area contributed by atoms with Crippen molar-refractivity contribution in [2.24, 2.45) is 0 Å². The summed E-state index contributed by atoms with van der Waals surface area (Å²) in [4.78, 5) is 33.6. The van der Waals surface area contributed by atoms with Gasteiger partial charge in [0, 0.05) is 61.6 Å². The van der Waals surface area contributed by atoms with Crippen LogP contribution in [0.2, 0.25) is 0 Å². The molecule has 2 aromatic heterocycles. The fraction of sp³-hybridized carbons (Fsp3) is 0.185. The van der Waals surface area contributed by atoms with Crippen molar-refractivity contribution in [3.8, 4) is 11.3 Å². The average Bonchev–Trinajstić information content (AvgIpc) is 3.38. The number of nitrogens with one attached hydrogen (secondary N) is 3. The van der Waals surface area contributed by atoms with E-state index in [1.165, 1.54) is 6.20 Å². The molecule has 3 N–H and O–H groups in total. The van der Waals surface area contributed by atoms with Crippen molar-refractivity contribution in [3.05, 3.63) is 90.3 Å². The zero-order valence-electron chi connectivity index (χ0n) is 19.9. The number of carbonyl (C=O) groups excluding carboxylic acids is 2. The van der Waals surface area contributed by atoms with Gasteiger partial charge in [-0.05, 0) is 61.1 Å². The number of aromatic nitrogens is 3. The van der Waals surface area contributed by atoms with Gasteiger partial charge in [-0.2, -0.15) is 5.10 Å². The van der Waals surface area contributed by atoms with Gasteiger partial charge >= 0.3 is 0 Å². The normalized spacial score (nSPS) is 13.9. The Balaban J connectivity index is 1.18. The van der Waals surface area contributed by atoms with E-state index in [-0.39, 0.29) is 11.8 Å². The van der Waals surface area contributed by atoms with E-state index in [2.05, 4.69) is 42.7 Å². The first-order valence-electron chi connectivity index (χ1n) is 11.8. The molecule has 0 spiro atoms. The van der Waals surface area contributed by atoms with Gasteiger partial charge in [0.25, 0.3) is 11.8 Å². The summed E-state index contributed by atoms with van der Waals surface area (Å²) >= 11 is 0. The second-order valence-electron chi connectivity index (χ2n) is 8.73. The number of aromatic amines is 1. The van der Waals surface area contributed by atoms with Crippen molar-refractivity contribution in [3.63, 3.8) is 0 Å². The van der Waals surface area contributed by atoms with Crippen LogP contribution in [0.1, 0.15) is 20.7 Å². The number of amides is 2. The van der Waals surface area contributed by atoms with Crippen LogP contribution in [0.5, 0.6) is 0 Å². The van der Waals surface area contributed by atoms with Gasteiger partial charge in [0.05, 0.1) is 11.3 Å². The van der Waals surface area contributed by atoms with Crippen molar-refractivity contribution in [1.29, 1.82) is 0 Å². The number of anilines is 3. The summed E-state index contributed by atoms with van der Waals surface area (Å²) in [5.74, 6) is -0.00232. The number of likely N-dealkylation sites (N-methyl/N-ethyl adjacent to an activating group) is 1. The summed E-state index contributed by atoms with van der Waals surface area (Å²) in [5, 5.41) is 12.9. The minimum atomic E-state index is -0.223. The smallest absolute Gasteiger partial charge is 0.257 e. The SMILES string of the molecule is CN1CCN(c2ccc(C(=O)Nc3cc(-c4ccc(NC(=O)c5cccnc5)cc4)[nH]n3)cc2)CC1. The molecule has 2 amide bonds. The Morgan fingerprint density at radius 3 is 2.28 bits per heavy atom. The van der Waals surface area contributed by atoms with Crippen molar-refractivity contribution >= 4 is 29.0 Å². The van der Waals surface area contributed by atoms with Gasteiger partial charge in [-0.3, -0.25) is 19.7 Å². The Labute approximate surface area is 209 Å². The predicted molar refractivity (Wildman–Crippen MR) is 140 cm³/mol. The van der Waals surface area contributed by atoms with Crippen LogP contribution in [0.4, 0.5) is 17.2 Å². The Bertz CT molecular complexity index is 1330. The molecule has 36 heavy (non-hydrogen) atoms. The Morgan fingerprint density at radius 2 is 1.58 bits per heavy atom. The quantitative estimate of drug-likeness (QED) is 0.388. The highest BCUT2D eigenvalue weighted by Gasteiger charge is 2.15. The first-order valence-corrected chi connectivity index (χ1v) is 11.8. The molecule has 9 heteroatoms. The van der Waals surface area contributed by atoms with Crippen LogP contribution in [0.25, 0.3) is 11.3 Å². The highest BCUT2D eigenvalue weighted by Crippen LogP contribution is 2.23. The Kier molecular flexibility index (Phi) is 6.72. The molecule has 0 aliphatic carbocycles. The third-order valence-corrected chi connectivity index (χ3v) is 6.19. The maximum absolute atomic E-state index is 12.7. The topological polar surface area (TPSA) is 106 Å². The molecule has 1 aliphatic heterocycles. The van der Waals surface area contributed by atoms with Gasteiger partial charge in [0.15, 0.2) is 5.82 Å². The molecular formula is C27H27N7O2. The second kappa shape index (κ2) is 10.4. The van der Waals surface area contributed by atoms with E-state index in [0.717, 1.165) is 43.1 Å². The molecule has 1 saturated heterocycles. The monoisotopic (exact) mass is 481 g/mol. The van der Waals surface area contributed by atoms with Gasteiger partial charge in [0.1, 0.15) is 0 Å². The van der Waals surface area contributed by atoms with E-state index in [9.17, 15) is 9.59 Å². The summed E-state index contributed by atoms with van der Waals surface area (Å²) in [6.45, 7) is 4.03. The summed E-state index contributed by atoms with van der Waals surface area (Å²) in [5.41, 5.74) is 4.48. The molecule has 0 radical (unpaired) electrons. The van der Waals surface area contributed by atoms with Gasteiger partial charge in [0.2, 0.25) is 0 Å². The molecule has 0 atom stereocenters. The summed E-state index contributed by atoms with van der Waals surface area (Å²) < 4.78 is 0. The van der Waals surface area contributed by atoms with E-state index >= 15 is 0 Å². The maximum Gasteiger partial charge on any atom is 0.257 e. The zero-order chi connectivity index (χ0) is 24.9. The number of hydrogen-bond donors (Lipinski definition) is 3. The summed E-state index contributed by atoms with van der Waals surface area (Å²) in [6.07, 6.45) is 3.14. The van der Waals surface area contributed by atoms with Crippen molar-refractivity contribution in [2.45, 2.75) is 0 Å². The van der Waals surface area contributed by atoms with E-state index in [1.54, 1.807) is 24.4 Å². The molecule has 0 saturated carbocycles. The highest BCUT2D eigenvalue weighted by molar-refractivity contribution is 6.04. The molecule has 4 aromatic rings. The molecule has 3 heterocycles. The number of pyridine rings is 1. The molecule has 0 unspecified atom stereocenters. The van der Waals surface area contributed by atoms with Crippen LogP contribution in [-0.4, -0.2) is 65.1 Å². The minimum Gasteiger partial charge on any atom is -0.369 e. The predicted octanol–water partition coefficient (Wildman–Crippen LogP) is 3.73. The molecule has 0 bridgehead atoms. The van der Waals surface area contributed by atoms with Crippen LogP contribution < -0.4 is 15.5 Å². The lowest BCUT2D eigenvalue weighted by molar-refractivity contribution is 0.101. The third-order valence-electron chi connectivity index (χ3n) is 6.19. The lowest BCUT2D eigenvalue weighted by Crippen LogP contribution is -2.44. The minimum absolute atomic E-state index is 0.216. The lowest BCUT2D eigenvalue weighted by Gasteiger charge is -2.34. The Hall–Kier alpha value is -4.50. The van der Waals surface area contributed by atoms with Gasteiger partial charge < -0.3 is 20.4 Å². The molecule has 1 aliphatic rings. The van der Waals surface area contributed by atoms with Crippen molar-refractivity contribution in [2.75, 3.05) is 48.8 Å². The van der Waals surface area contributed by atoms with Crippen LogP contribution in [0, 0.1) is 0 Å². The number of nitrogens with zero attached hydrogens (tertiary/aromatic N) is 4. The summed E-state index contributed by atoms with van der Waals surface area (Å²) in [7, 11) is 2.13. The maximum atomic E-state index is 12.7. The number of H-pyrrole nitrogens is 1. The van der Waals surface area contributed by atoms with Crippen LogP contribution in [-0.2, 0) is 0 Å². The first-order chi connectivity index (χ1) is 17.5. The fourth-order valence-electron chi connectivity index (χ4n) is 4.04. The molecule has 1 fully saturated rings. The standard InChI is InChI=1S/C27H27N7O2/c1-33-13-15-34(16-14-33)23-10-6-20(7-11-23)26(35)30-25-17-24(31-32-25)19-4-8-22(9-5-19)29-27(36)21-3-2-12-28-18-21/h2-12,17-18H,13-16H2,1H3,(H,29,36)(H2,30,31,32,35). The molecule has 5 rings (SSSR count). The van der Waals surface area contributed by atoms with E-state index in [0.29, 0.717) is 22.6 Å². The van der Waals surface area contributed by atoms with Crippen molar-refractivity contribution in [1.82, 2.24) is 20.1 Å².